The number of hydrazine groups is 1. The zero-order valence-corrected chi connectivity index (χ0v) is 10.5. The summed E-state index contributed by atoms with van der Waals surface area (Å²) < 4.78 is 0. The lowest BCUT2D eigenvalue weighted by Crippen LogP contribution is -2.35. The van der Waals surface area contributed by atoms with Crippen molar-refractivity contribution in [1.29, 1.82) is 0 Å². The lowest BCUT2D eigenvalue weighted by Gasteiger charge is -2.07. The molecular formula is C12H17N5O2. The monoisotopic (exact) mass is 263 g/mol. The molecule has 0 spiro atoms. The van der Waals surface area contributed by atoms with Crippen LogP contribution in [0.15, 0.2) is 18.3 Å². The molecule has 2 rings (SSSR count). The summed E-state index contributed by atoms with van der Waals surface area (Å²) in [7, 11) is 0. The highest BCUT2D eigenvalue weighted by Crippen LogP contribution is 2.28. The first-order valence-corrected chi connectivity index (χ1v) is 6.19. The molecule has 19 heavy (non-hydrogen) atoms. The molecule has 0 radical (unpaired) electrons. The Labute approximate surface area is 110 Å². The standard InChI is InChI=1S/C12H17N5O2/c13-17-10-4-3-9(7-16-10)12(19)15-6-5-14-11(18)8-1-2-8/h3-4,7-8H,1-2,5-6,13H2,(H,14,18)(H,15,19)(H,16,17). The van der Waals surface area contributed by atoms with Crippen LogP contribution in [0.25, 0.3) is 0 Å². The van der Waals surface area contributed by atoms with E-state index in [0.717, 1.165) is 12.8 Å². The molecule has 1 aliphatic rings. The normalized spacial score (nSPS) is 13.7. The maximum absolute atomic E-state index is 11.7. The molecule has 1 heterocycles. The summed E-state index contributed by atoms with van der Waals surface area (Å²) in [6.07, 6.45) is 3.39. The van der Waals surface area contributed by atoms with E-state index in [1.54, 1.807) is 12.1 Å². The Bertz CT molecular complexity index is 456. The summed E-state index contributed by atoms with van der Waals surface area (Å²) in [4.78, 5) is 27.0. The highest BCUT2D eigenvalue weighted by atomic mass is 16.2. The third kappa shape index (κ3) is 3.92. The Balaban J connectivity index is 1.69. The molecule has 1 aromatic rings. The van der Waals surface area contributed by atoms with Crippen molar-refractivity contribution in [2.24, 2.45) is 11.8 Å². The highest BCUT2D eigenvalue weighted by molar-refractivity contribution is 5.94. The minimum Gasteiger partial charge on any atom is -0.354 e. The van der Waals surface area contributed by atoms with E-state index in [1.807, 2.05) is 0 Å². The number of hydrogen-bond acceptors (Lipinski definition) is 5. The van der Waals surface area contributed by atoms with Gasteiger partial charge >= 0.3 is 0 Å². The minimum atomic E-state index is -0.225. The van der Waals surface area contributed by atoms with Crippen molar-refractivity contribution in [3.8, 4) is 0 Å². The molecule has 0 aromatic carbocycles. The number of hydrogen-bond donors (Lipinski definition) is 4. The topological polar surface area (TPSA) is 109 Å². The molecule has 2 amide bonds. The average molecular weight is 263 g/mol. The van der Waals surface area contributed by atoms with Gasteiger partial charge in [-0.2, -0.15) is 0 Å². The molecule has 1 aliphatic carbocycles. The van der Waals surface area contributed by atoms with E-state index < -0.39 is 0 Å². The molecule has 0 atom stereocenters. The predicted octanol–water partition coefficient (Wildman–Crippen LogP) is -0.377. The van der Waals surface area contributed by atoms with Crippen LogP contribution in [0.3, 0.4) is 0 Å². The van der Waals surface area contributed by atoms with Crippen molar-refractivity contribution < 1.29 is 9.59 Å². The van der Waals surface area contributed by atoms with Gasteiger partial charge in [0.05, 0.1) is 5.56 Å². The number of amides is 2. The Morgan fingerprint density at radius 1 is 1.26 bits per heavy atom. The number of anilines is 1. The smallest absolute Gasteiger partial charge is 0.252 e. The van der Waals surface area contributed by atoms with Gasteiger partial charge in [-0.05, 0) is 25.0 Å². The van der Waals surface area contributed by atoms with E-state index in [4.69, 9.17) is 5.84 Å². The molecule has 1 fully saturated rings. The minimum absolute atomic E-state index is 0.0780. The van der Waals surface area contributed by atoms with Gasteiger partial charge in [-0.15, -0.1) is 0 Å². The second kappa shape index (κ2) is 6.14. The van der Waals surface area contributed by atoms with Crippen molar-refractivity contribution in [3.63, 3.8) is 0 Å². The van der Waals surface area contributed by atoms with Crippen LogP contribution in [0.4, 0.5) is 5.82 Å². The second-order valence-electron chi connectivity index (χ2n) is 4.40. The summed E-state index contributed by atoms with van der Waals surface area (Å²) >= 11 is 0. The van der Waals surface area contributed by atoms with Gasteiger partial charge in [0.25, 0.3) is 5.91 Å². The summed E-state index contributed by atoms with van der Waals surface area (Å²) in [6.45, 7) is 0.838. The van der Waals surface area contributed by atoms with E-state index in [0.29, 0.717) is 24.5 Å². The van der Waals surface area contributed by atoms with E-state index in [1.165, 1.54) is 6.20 Å². The molecule has 0 bridgehead atoms. The molecule has 0 unspecified atom stereocenters. The van der Waals surface area contributed by atoms with E-state index in [-0.39, 0.29) is 17.7 Å². The van der Waals surface area contributed by atoms with Gasteiger partial charge in [-0.25, -0.2) is 10.8 Å². The Morgan fingerprint density at radius 2 is 2.00 bits per heavy atom. The first-order valence-electron chi connectivity index (χ1n) is 6.19. The fourth-order valence-corrected chi connectivity index (χ4v) is 1.57. The van der Waals surface area contributed by atoms with E-state index >= 15 is 0 Å². The van der Waals surface area contributed by atoms with Crippen molar-refractivity contribution in [3.05, 3.63) is 23.9 Å². The zero-order valence-electron chi connectivity index (χ0n) is 10.5. The molecule has 1 aromatic heterocycles. The van der Waals surface area contributed by atoms with Gasteiger partial charge in [0.1, 0.15) is 5.82 Å². The number of aromatic nitrogens is 1. The zero-order chi connectivity index (χ0) is 13.7. The maximum atomic E-state index is 11.7. The van der Waals surface area contributed by atoms with Gasteiger partial charge < -0.3 is 16.1 Å². The average Bonchev–Trinajstić information content (AvgIpc) is 3.27. The van der Waals surface area contributed by atoms with Crippen LogP contribution in [0.5, 0.6) is 0 Å². The van der Waals surface area contributed by atoms with Gasteiger partial charge in [0, 0.05) is 25.2 Å². The van der Waals surface area contributed by atoms with Gasteiger partial charge in [0.2, 0.25) is 5.91 Å². The molecule has 5 N–H and O–H groups in total. The first kappa shape index (κ1) is 13.3. The Morgan fingerprint density at radius 3 is 2.58 bits per heavy atom. The van der Waals surface area contributed by atoms with Gasteiger partial charge in [-0.3, -0.25) is 9.59 Å². The molecule has 102 valence electrons. The molecule has 0 aliphatic heterocycles. The largest absolute Gasteiger partial charge is 0.354 e. The number of carbonyl (C=O) groups is 2. The van der Waals surface area contributed by atoms with Crippen LogP contribution in [0.1, 0.15) is 23.2 Å². The van der Waals surface area contributed by atoms with Crippen LogP contribution in [-0.2, 0) is 4.79 Å². The van der Waals surface area contributed by atoms with Gasteiger partial charge in [0.15, 0.2) is 0 Å². The van der Waals surface area contributed by atoms with E-state index in [9.17, 15) is 9.59 Å². The number of nitrogen functional groups attached to an aromatic ring is 1. The quantitative estimate of drug-likeness (QED) is 0.318. The van der Waals surface area contributed by atoms with Crippen LogP contribution in [0, 0.1) is 5.92 Å². The number of nitrogens with one attached hydrogen (secondary N) is 3. The maximum Gasteiger partial charge on any atom is 0.252 e. The molecular weight excluding hydrogens is 246 g/mol. The van der Waals surface area contributed by atoms with Crippen LogP contribution in [0.2, 0.25) is 0 Å². The third-order valence-electron chi connectivity index (χ3n) is 2.83. The Kier molecular flexibility index (Phi) is 4.30. The number of nitrogens with zero attached hydrogens (tertiary/aromatic N) is 1. The van der Waals surface area contributed by atoms with Crippen molar-refractivity contribution in [1.82, 2.24) is 15.6 Å². The first-order chi connectivity index (χ1) is 9.20. The lowest BCUT2D eigenvalue weighted by molar-refractivity contribution is -0.122. The van der Waals surface area contributed by atoms with Crippen LogP contribution >= 0.6 is 0 Å². The summed E-state index contributed by atoms with van der Waals surface area (Å²) in [5, 5.41) is 5.48. The molecule has 0 saturated heterocycles. The Hall–Kier alpha value is -2.15. The third-order valence-corrected chi connectivity index (χ3v) is 2.83. The second-order valence-corrected chi connectivity index (χ2v) is 4.40. The fourth-order valence-electron chi connectivity index (χ4n) is 1.57. The summed E-state index contributed by atoms with van der Waals surface area (Å²) in [6, 6.07) is 3.24. The van der Waals surface area contributed by atoms with Crippen LogP contribution < -0.4 is 21.9 Å². The summed E-state index contributed by atoms with van der Waals surface area (Å²) in [5.74, 6) is 5.72. The van der Waals surface area contributed by atoms with Crippen molar-refractivity contribution in [2.75, 3.05) is 18.5 Å². The molecule has 7 nitrogen and oxygen atoms in total. The van der Waals surface area contributed by atoms with Gasteiger partial charge in [-0.1, -0.05) is 0 Å². The fraction of sp³-hybridized carbons (Fsp3) is 0.417. The number of rotatable bonds is 6. The van der Waals surface area contributed by atoms with Crippen LogP contribution in [-0.4, -0.2) is 29.9 Å². The number of pyridine rings is 1. The van der Waals surface area contributed by atoms with Crippen molar-refractivity contribution in [2.45, 2.75) is 12.8 Å². The van der Waals surface area contributed by atoms with E-state index in [2.05, 4.69) is 21.0 Å². The predicted molar refractivity (Wildman–Crippen MR) is 70.1 cm³/mol. The SMILES string of the molecule is NNc1ccc(C(=O)NCCNC(=O)C2CC2)cn1. The molecule has 1 saturated carbocycles. The summed E-state index contributed by atoms with van der Waals surface area (Å²) in [5.41, 5.74) is 2.84. The highest BCUT2D eigenvalue weighted by Gasteiger charge is 2.28. The number of carbonyl (C=O) groups excluding carboxylic acids is 2. The number of nitrogens with two attached hydrogens (primary N) is 1. The molecule has 7 heteroatoms. The van der Waals surface area contributed by atoms with Crippen molar-refractivity contribution >= 4 is 17.6 Å². The lowest BCUT2D eigenvalue weighted by atomic mass is 10.2.